The molecule has 0 aliphatic rings. The Balaban J connectivity index is 2.50. The standard InChI is InChI=1S/C6H6ClNO3/c7-1-6-8-5(3-11-6)2-10-4-9/h3-4H,1-2H2. The van der Waals surface area contributed by atoms with Crippen LogP contribution >= 0.6 is 11.6 Å². The van der Waals surface area contributed by atoms with Crippen LogP contribution in [0.15, 0.2) is 10.7 Å². The number of nitrogens with zero attached hydrogens (tertiary/aromatic N) is 1. The van der Waals surface area contributed by atoms with E-state index in [0.29, 0.717) is 18.1 Å². The van der Waals surface area contributed by atoms with Gasteiger partial charge in [0.2, 0.25) is 5.89 Å². The van der Waals surface area contributed by atoms with Gasteiger partial charge in [-0.25, -0.2) is 4.98 Å². The number of alkyl halides is 1. The number of hydrogen-bond acceptors (Lipinski definition) is 4. The van der Waals surface area contributed by atoms with Crippen molar-refractivity contribution in [3.8, 4) is 0 Å². The molecule has 0 N–H and O–H groups in total. The number of oxazole rings is 1. The topological polar surface area (TPSA) is 52.3 Å². The maximum absolute atomic E-state index is 9.75. The monoisotopic (exact) mass is 175 g/mol. The van der Waals surface area contributed by atoms with Crippen molar-refractivity contribution in [2.75, 3.05) is 0 Å². The van der Waals surface area contributed by atoms with Crippen molar-refractivity contribution in [1.82, 2.24) is 4.98 Å². The second kappa shape index (κ2) is 3.98. The molecule has 1 rings (SSSR count). The molecule has 0 atom stereocenters. The van der Waals surface area contributed by atoms with E-state index in [0.717, 1.165) is 0 Å². The van der Waals surface area contributed by atoms with Crippen LogP contribution in [0.2, 0.25) is 0 Å². The van der Waals surface area contributed by atoms with E-state index >= 15 is 0 Å². The summed E-state index contributed by atoms with van der Waals surface area (Å²) >= 11 is 5.41. The molecule has 1 heterocycles. The first-order valence-electron chi connectivity index (χ1n) is 2.91. The second-order valence-corrected chi connectivity index (χ2v) is 2.04. The van der Waals surface area contributed by atoms with Crippen molar-refractivity contribution in [3.05, 3.63) is 17.8 Å². The smallest absolute Gasteiger partial charge is 0.293 e. The fourth-order valence-electron chi connectivity index (χ4n) is 0.596. The van der Waals surface area contributed by atoms with Crippen LogP contribution in [0.25, 0.3) is 0 Å². The van der Waals surface area contributed by atoms with Crippen molar-refractivity contribution in [1.29, 1.82) is 0 Å². The fraction of sp³-hybridized carbons (Fsp3) is 0.333. The first-order chi connectivity index (χ1) is 5.36. The van der Waals surface area contributed by atoms with Gasteiger partial charge in [0.25, 0.3) is 6.47 Å². The minimum absolute atomic E-state index is 0.129. The highest BCUT2D eigenvalue weighted by atomic mass is 35.5. The lowest BCUT2D eigenvalue weighted by Crippen LogP contribution is -1.90. The van der Waals surface area contributed by atoms with Crippen LogP contribution in [0.1, 0.15) is 11.6 Å². The van der Waals surface area contributed by atoms with Gasteiger partial charge in [-0.2, -0.15) is 0 Å². The van der Waals surface area contributed by atoms with Gasteiger partial charge in [-0.1, -0.05) is 0 Å². The highest BCUT2D eigenvalue weighted by Gasteiger charge is 2.01. The summed E-state index contributed by atoms with van der Waals surface area (Å²) in [7, 11) is 0. The molecule has 0 fully saturated rings. The van der Waals surface area contributed by atoms with Gasteiger partial charge in [0.05, 0.1) is 5.88 Å². The Morgan fingerprint density at radius 2 is 2.64 bits per heavy atom. The molecule has 0 radical (unpaired) electrons. The molecule has 0 aliphatic heterocycles. The van der Waals surface area contributed by atoms with Crippen LogP contribution < -0.4 is 0 Å². The summed E-state index contributed by atoms with van der Waals surface area (Å²) in [5.74, 6) is 0.650. The maximum atomic E-state index is 9.75. The molecule has 60 valence electrons. The maximum Gasteiger partial charge on any atom is 0.293 e. The van der Waals surface area contributed by atoms with Crippen LogP contribution in [0.5, 0.6) is 0 Å². The average Bonchev–Trinajstić information content (AvgIpc) is 2.48. The molecular weight excluding hydrogens is 170 g/mol. The van der Waals surface area contributed by atoms with E-state index in [-0.39, 0.29) is 12.5 Å². The van der Waals surface area contributed by atoms with Crippen molar-refractivity contribution in [3.63, 3.8) is 0 Å². The SMILES string of the molecule is O=COCc1coc(CCl)n1. The predicted octanol–water partition coefficient (Wildman–Crippen LogP) is 1.09. The van der Waals surface area contributed by atoms with Crippen molar-refractivity contribution >= 4 is 18.1 Å². The summed E-state index contributed by atoms with van der Waals surface area (Å²) in [5.41, 5.74) is 0.563. The third-order valence-corrected chi connectivity index (χ3v) is 1.24. The van der Waals surface area contributed by atoms with E-state index in [9.17, 15) is 4.79 Å². The number of rotatable bonds is 4. The van der Waals surface area contributed by atoms with Gasteiger partial charge in [-0.05, 0) is 0 Å². The van der Waals surface area contributed by atoms with E-state index in [4.69, 9.17) is 16.0 Å². The summed E-state index contributed by atoms with van der Waals surface area (Å²) < 4.78 is 9.30. The Kier molecular flexibility index (Phi) is 2.92. The largest absolute Gasteiger partial charge is 0.461 e. The summed E-state index contributed by atoms with van der Waals surface area (Å²) in [5, 5.41) is 0. The number of aromatic nitrogens is 1. The molecule has 11 heavy (non-hydrogen) atoms. The Labute approximate surface area is 68.1 Å². The molecule has 1 aromatic rings. The summed E-state index contributed by atoms with van der Waals surface area (Å²) in [6, 6.07) is 0. The first kappa shape index (κ1) is 8.07. The lowest BCUT2D eigenvalue weighted by molar-refractivity contribution is -0.129. The molecule has 0 saturated carbocycles. The summed E-state index contributed by atoms with van der Waals surface area (Å²) in [6.45, 7) is 0.485. The Hall–Kier alpha value is -1.03. The van der Waals surface area contributed by atoms with Gasteiger partial charge in [0.15, 0.2) is 0 Å². The molecule has 0 spiro atoms. The molecule has 4 nitrogen and oxygen atoms in total. The molecule has 0 aliphatic carbocycles. The number of carbonyl (C=O) groups is 1. The van der Waals surface area contributed by atoms with Gasteiger partial charge >= 0.3 is 0 Å². The van der Waals surface area contributed by atoms with E-state index in [2.05, 4.69) is 9.72 Å². The van der Waals surface area contributed by atoms with Gasteiger partial charge in [-0.15, -0.1) is 11.6 Å². The van der Waals surface area contributed by atoms with Gasteiger partial charge < -0.3 is 9.15 Å². The quantitative estimate of drug-likeness (QED) is 0.508. The van der Waals surface area contributed by atoms with E-state index in [1.807, 2.05) is 0 Å². The zero-order chi connectivity index (χ0) is 8.10. The van der Waals surface area contributed by atoms with Crippen LogP contribution in [0.3, 0.4) is 0 Å². The summed E-state index contributed by atoms with van der Waals surface area (Å²) in [4.78, 5) is 13.6. The van der Waals surface area contributed by atoms with Crippen LogP contribution in [-0.2, 0) is 22.0 Å². The molecule has 1 aromatic heterocycles. The van der Waals surface area contributed by atoms with E-state index in [1.54, 1.807) is 0 Å². The highest BCUT2D eigenvalue weighted by Crippen LogP contribution is 2.04. The molecule has 5 heteroatoms. The van der Waals surface area contributed by atoms with Crippen LogP contribution in [0.4, 0.5) is 0 Å². The minimum Gasteiger partial charge on any atom is -0.461 e. The van der Waals surface area contributed by atoms with E-state index < -0.39 is 0 Å². The minimum atomic E-state index is 0.129. The van der Waals surface area contributed by atoms with Crippen LogP contribution in [0, 0.1) is 0 Å². The third kappa shape index (κ3) is 2.23. The molecular formula is C6H6ClNO3. The average molecular weight is 176 g/mol. The zero-order valence-electron chi connectivity index (χ0n) is 5.62. The van der Waals surface area contributed by atoms with Crippen molar-refractivity contribution in [2.45, 2.75) is 12.5 Å². The molecule has 0 amide bonds. The number of carbonyl (C=O) groups excluding carboxylic acids is 1. The second-order valence-electron chi connectivity index (χ2n) is 1.77. The Morgan fingerprint density at radius 1 is 1.82 bits per heavy atom. The highest BCUT2D eigenvalue weighted by molar-refractivity contribution is 6.16. The number of hydrogen-bond donors (Lipinski definition) is 0. The number of halogens is 1. The summed E-state index contributed by atoms with van der Waals surface area (Å²) in [6.07, 6.45) is 1.40. The first-order valence-corrected chi connectivity index (χ1v) is 3.44. The van der Waals surface area contributed by atoms with Crippen LogP contribution in [-0.4, -0.2) is 11.5 Å². The lowest BCUT2D eigenvalue weighted by Gasteiger charge is -1.89. The zero-order valence-corrected chi connectivity index (χ0v) is 6.37. The van der Waals surface area contributed by atoms with Gasteiger partial charge in [-0.3, -0.25) is 4.79 Å². The van der Waals surface area contributed by atoms with E-state index in [1.165, 1.54) is 6.26 Å². The van der Waals surface area contributed by atoms with Crippen molar-refractivity contribution in [2.24, 2.45) is 0 Å². The molecule has 0 aromatic carbocycles. The Bertz CT molecular complexity index is 235. The fourth-order valence-corrected chi connectivity index (χ4v) is 0.719. The van der Waals surface area contributed by atoms with Crippen molar-refractivity contribution < 1.29 is 13.9 Å². The lowest BCUT2D eigenvalue weighted by atomic mass is 10.5. The Morgan fingerprint density at radius 3 is 3.18 bits per heavy atom. The van der Waals surface area contributed by atoms with Gasteiger partial charge in [0, 0.05) is 0 Å². The molecule has 0 unspecified atom stereocenters. The molecule has 0 saturated heterocycles. The normalized spacial score (nSPS) is 9.55. The third-order valence-electron chi connectivity index (χ3n) is 1.01. The molecule has 0 bridgehead atoms. The predicted molar refractivity (Wildman–Crippen MR) is 36.9 cm³/mol. The van der Waals surface area contributed by atoms with Gasteiger partial charge in [0.1, 0.15) is 18.6 Å². The number of ether oxygens (including phenoxy) is 1.